The fraction of sp³-hybridized carbons (Fsp3) is 0.650. The van der Waals surface area contributed by atoms with Crippen LogP contribution in [0.1, 0.15) is 24.8 Å². The molecule has 27 heavy (non-hydrogen) atoms. The van der Waals surface area contributed by atoms with E-state index in [-0.39, 0.29) is 0 Å². The van der Waals surface area contributed by atoms with Gasteiger partial charge in [0.2, 0.25) is 0 Å². The maximum Gasteiger partial charge on any atom is 0.190 e. The Morgan fingerprint density at radius 1 is 1.26 bits per heavy atom. The molecule has 7 heteroatoms. The van der Waals surface area contributed by atoms with Gasteiger partial charge in [0.15, 0.2) is 5.96 Å². The Balaban J connectivity index is 1.47. The van der Waals surface area contributed by atoms with E-state index in [1.807, 2.05) is 25.1 Å². The Bertz CT molecular complexity index is 578. The van der Waals surface area contributed by atoms with E-state index in [0.717, 1.165) is 81.1 Å². The molecule has 1 aromatic carbocycles. The van der Waals surface area contributed by atoms with Crippen LogP contribution in [0.5, 0.6) is 5.75 Å². The summed E-state index contributed by atoms with van der Waals surface area (Å²) in [5.41, 5.74) is 1.05. The predicted octanol–water partition coefficient (Wildman–Crippen LogP) is 3.03. The number of aryl methyl sites for hydroxylation is 1. The molecule has 0 aromatic heterocycles. The molecule has 0 amide bonds. The second-order valence-corrected chi connectivity index (χ2v) is 7.13. The lowest BCUT2D eigenvalue weighted by atomic mass is 10.1. The van der Waals surface area contributed by atoms with Crippen molar-refractivity contribution in [3.8, 4) is 5.75 Å². The highest BCUT2D eigenvalue weighted by Gasteiger charge is 2.15. The zero-order valence-corrected chi connectivity index (χ0v) is 17.2. The fourth-order valence-electron chi connectivity index (χ4n) is 2.80. The number of hydrogen-bond donors (Lipinski definition) is 2. The molecule has 1 aromatic rings. The van der Waals surface area contributed by atoms with E-state index in [9.17, 15) is 0 Å². The Kier molecular flexibility index (Phi) is 10.3. The molecule has 0 saturated carbocycles. The van der Waals surface area contributed by atoms with Crippen molar-refractivity contribution in [1.29, 1.82) is 0 Å². The number of benzene rings is 1. The normalized spacial score (nSPS) is 17.1. The quantitative estimate of drug-likeness (QED) is 0.341. The predicted molar refractivity (Wildman–Crippen MR) is 110 cm³/mol. The van der Waals surface area contributed by atoms with Gasteiger partial charge in [0.05, 0.1) is 19.8 Å². The van der Waals surface area contributed by atoms with Crippen molar-refractivity contribution >= 4 is 17.6 Å². The van der Waals surface area contributed by atoms with Gasteiger partial charge >= 0.3 is 0 Å². The van der Waals surface area contributed by atoms with Gasteiger partial charge in [-0.25, -0.2) is 0 Å². The van der Waals surface area contributed by atoms with Crippen molar-refractivity contribution in [2.75, 3.05) is 53.2 Å². The number of rotatable bonds is 11. The summed E-state index contributed by atoms with van der Waals surface area (Å²) < 4.78 is 16.8. The SMILES string of the molecule is CN=C(NCCCOCC1CCOC1)NCCCOc1ccc(Cl)cc1C. The Morgan fingerprint density at radius 3 is 2.70 bits per heavy atom. The van der Waals surface area contributed by atoms with Gasteiger partial charge in [0.1, 0.15) is 5.75 Å². The molecule has 0 radical (unpaired) electrons. The van der Waals surface area contributed by atoms with E-state index in [4.69, 9.17) is 25.8 Å². The Morgan fingerprint density at radius 2 is 2.04 bits per heavy atom. The minimum absolute atomic E-state index is 0.575. The molecule has 6 nitrogen and oxygen atoms in total. The van der Waals surface area contributed by atoms with E-state index >= 15 is 0 Å². The molecule has 2 N–H and O–H groups in total. The van der Waals surface area contributed by atoms with Crippen LogP contribution in [0.2, 0.25) is 5.02 Å². The van der Waals surface area contributed by atoms with Crippen LogP contribution in [0.25, 0.3) is 0 Å². The standard InChI is InChI=1S/C20H32ClN3O3/c1-16-13-18(21)5-6-19(16)27-11-4-9-24-20(22-2)23-8-3-10-25-14-17-7-12-26-15-17/h5-6,13,17H,3-4,7-12,14-15H2,1-2H3,(H2,22,23,24). The van der Waals surface area contributed by atoms with Gasteiger partial charge in [-0.1, -0.05) is 11.6 Å². The van der Waals surface area contributed by atoms with Crippen LogP contribution in [-0.2, 0) is 9.47 Å². The highest BCUT2D eigenvalue weighted by atomic mass is 35.5. The molecule has 1 aliphatic heterocycles. The second kappa shape index (κ2) is 12.8. The summed E-state index contributed by atoms with van der Waals surface area (Å²) in [5.74, 6) is 2.26. The molecular weight excluding hydrogens is 366 g/mol. The molecule has 152 valence electrons. The average Bonchev–Trinajstić information content (AvgIpc) is 3.17. The van der Waals surface area contributed by atoms with Crippen LogP contribution < -0.4 is 15.4 Å². The third-order valence-electron chi connectivity index (χ3n) is 4.37. The lowest BCUT2D eigenvalue weighted by Gasteiger charge is -2.13. The number of nitrogens with one attached hydrogen (secondary N) is 2. The highest BCUT2D eigenvalue weighted by molar-refractivity contribution is 6.30. The topological polar surface area (TPSA) is 64.1 Å². The zero-order chi connectivity index (χ0) is 19.3. The van der Waals surface area contributed by atoms with Crippen molar-refractivity contribution in [2.45, 2.75) is 26.2 Å². The Hall–Kier alpha value is -1.50. The van der Waals surface area contributed by atoms with Gasteiger partial charge in [0.25, 0.3) is 0 Å². The molecule has 0 spiro atoms. The molecule has 2 rings (SSSR count). The summed E-state index contributed by atoms with van der Waals surface area (Å²) in [6, 6.07) is 5.67. The van der Waals surface area contributed by atoms with Gasteiger partial charge in [0, 0.05) is 44.3 Å². The number of halogens is 1. The first-order valence-corrected chi connectivity index (χ1v) is 10.1. The number of nitrogens with zero attached hydrogens (tertiary/aromatic N) is 1. The van der Waals surface area contributed by atoms with Crippen LogP contribution in [0.3, 0.4) is 0 Å². The van der Waals surface area contributed by atoms with E-state index in [1.54, 1.807) is 7.05 Å². The largest absolute Gasteiger partial charge is 0.493 e. The molecular formula is C20H32ClN3O3. The summed E-state index contributed by atoms with van der Waals surface area (Å²) in [5, 5.41) is 7.33. The minimum atomic E-state index is 0.575. The smallest absolute Gasteiger partial charge is 0.190 e. The van der Waals surface area contributed by atoms with Crippen LogP contribution in [0.15, 0.2) is 23.2 Å². The van der Waals surface area contributed by atoms with E-state index < -0.39 is 0 Å². The fourth-order valence-corrected chi connectivity index (χ4v) is 3.03. The molecule has 1 heterocycles. The summed E-state index contributed by atoms with van der Waals surface area (Å²) in [4.78, 5) is 4.23. The number of hydrogen-bond acceptors (Lipinski definition) is 4. The van der Waals surface area contributed by atoms with Crippen LogP contribution in [-0.4, -0.2) is 59.1 Å². The lowest BCUT2D eigenvalue weighted by Crippen LogP contribution is -2.38. The molecule has 0 bridgehead atoms. The summed E-state index contributed by atoms with van der Waals surface area (Å²) in [7, 11) is 1.78. The maximum absolute atomic E-state index is 5.95. The molecule has 1 fully saturated rings. The summed E-state index contributed by atoms with van der Waals surface area (Å²) in [6.45, 7) is 7.56. The first-order chi connectivity index (χ1) is 13.2. The molecule has 0 aliphatic carbocycles. The minimum Gasteiger partial charge on any atom is -0.493 e. The van der Waals surface area contributed by atoms with Gasteiger partial charge < -0.3 is 24.8 Å². The van der Waals surface area contributed by atoms with Crippen LogP contribution in [0.4, 0.5) is 0 Å². The first kappa shape index (κ1) is 21.8. The zero-order valence-electron chi connectivity index (χ0n) is 16.4. The summed E-state index contributed by atoms with van der Waals surface area (Å²) in [6.07, 6.45) is 2.96. The second-order valence-electron chi connectivity index (χ2n) is 6.70. The van der Waals surface area contributed by atoms with Crippen molar-refractivity contribution in [2.24, 2.45) is 10.9 Å². The maximum atomic E-state index is 5.95. The third-order valence-corrected chi connectivity index (χ3v) is 4.60. The van der Waals surface area contributed by atoms with Gasteiger partial charge in [-0.05, 0) is 49.9 Å². The monoisotopic (exact) mass is 397 g/mol. The van der Waals surface area contributed by atoms with Gasteiger partial charge in [-0.2, -0.15) is 0 Å². The Labute approximate surface area is 167 Å². The molecule has 1 saturated heterocycles. The number of aliphatic imine (C=N–C) groups is 1. The van der Waals surface area contributed by atoms with E-state index in [0.29, 0.717) is 12.5 Å². The molecule has 1 aliphatic rings. The first-order valence-electron chi connectivity index (χ1n) is 9.68. The van der Waals surface area contributed by atoms with E-state index in [1.165, 1.54) is 0 Å². The number of ether oxygens (including phenoxy) is 3. The van der Waals surface area contributed by atoms with Crippen molar-refractivity contribution in [3.05, 3.63) is 28.8 Å². The average molecular weight is 398 g/mol. The number of guanidine groups is 1. The molecule has 1 atom stereocenters. The van der Waals surface area contributed by atoms with Crippen LogP contribution in [0, 0.1) is 12.8 Å². The molecule has 1 unspecified atom stereocenters. The summed E-state index contributed by atoms with van der Waals surface area (Å²) >= 11 is 5.95. The van der Waals surface area contributed by atoms with Crippen molar-refractivity contribution < 1.29 is 14.2 Å². The highest BCUT2D eigenvalue weighted by Crippen LogP contribution is 2.21. The lowest BCUT2D eigenvalue weighted by molar-refractivity contribution is 0.0888. The van der Waals surface area contributed by atoms with E-state index in [2.05, 4.69) is 15.6 Å². The third kappa shape index (κ3) is 8.82. The van der Waals surface area contributed by atoms with Gasteiger partial charge in [-0.3, -0.25) is 4.99 Å². The van der Waals surface area contributed by atoms with Crippen molar-refractivity contribution in [1.82, 2.24) is 10.6 Å². The van der Waals surface area contributed by atoms with Crippen LogP contribution >= 0.6 is 11.6 Å². The van der Waals surface area contributed by atoms with Gasteiger partial charge in [-0.15, -0.1) is 0 Å². The van der Waals surface area contributed by atoms with Crippen molar-refractivity contribution in [3.63, 3.8) is 0 Å².